The molecule has 1 aromatic carbocycles. The van der Waals surface area contributed by atoms with Crippen LogP contribution in [0, 0.1) is 0 Å². The highest BCUT2D eigenvalue weighted by molar-refractivity contribution is 5.84. The van der Waals surface area contributed by atoms with Crippen molar-refractivity contribution < 1.29 is 4.79 Å². The number of carbonyl (C=O) groups is 1. The minimum atomic E-state index is -0.00318. The molecule has 1 aromatic rings. The van der Waals surface area contributed by atoms with Crippen molar-refractivity contribution in [1.82, 2.24) is 15.1 Å². The van der Waals surface area contributed by atoms with Crippen LogP contribution < -0.4 is 5.32 Å². The van der Waals surface area contributed by atoms with E-state index in [0.29, 0.717) is 6.04 Å². The lowest BCUT2D eigenvalue weighted by Gasteiger charge is -2.25. The van der Waals surface area contributed by atoms with Gasteiger partial charge in [-0.15, -0.1) is 0 Å². The number of guanidine groups is 1. The van der Waals surface area contributed by atoms with Crippen LogP contribution in [-0.2, 0) is 11.3 Å². The summed E-state index contributed by atoms with van der Waals surface area (Å²) in [6.45, 7) is 5.14. The Morgan fingerprint density at radius 2 is 1.86 bits per heavy atom. The minimum absolute atomic E-state index is 0.00318. The number of hydrogen-bond donors (Lipinski definition) is 1. The third kappa shape index (κ3) is 6.16. The van der Waals surface area contributed by atoms with Crippen molar-refractivity contribution in [2.45, 2.75) is 32.9 Å². The van der Waals surface area contributed by atoms with Crippen molar-refractivity contribution in [1.29, 1.82) is 0 Å². The van der Waals surface area contributed by atoms with Gasteiger partial charge in [-0.1, -0.05) is 37.3 Å². The Bertz CT molecular complexity index is 485. The molecule has 0 saturated carbocycles. The number of aliphatic imine (C=N–C) groups is 1. The molecule has 0 saturated heterocycles. The number of rotatable bonds is 6. The van der Waals surface area contributed by atoms with Crippen molar-refractivity contribution in [2.24, 2.45) is 4.99 Å². The maximum Gasteiger partial charge on any atom is 0.243 e. The van der Waals surface area contributed by atoms with Crippen molar-refractivity contribution >= 4 is 11.9 Å². The third-order valence-electron chi connectivity index (χ3n) is 3.47. The molecule has 0 radical (unpaired) electrons. The van der Waals surface area contributed by atoms with Gasteiger partial charge < -0.3 is 15.1 Å². The third-order valence-corrected chi connectivity index (χ3v) is 3.47. The Labute approximate surface area is 134 Å². The summed E-state index contributed by atoms with van der Waals surface area (Å²) < 4.78 is 0. The zero-order valence-corrected chi connectivity index (χ0v) is 14.3. The molecule has 1 rings (SSSR count). The Kier molecular flexibility index (Phi) is 7.43. The number of likely N-dealkylation sites (N-methyl/N-ethyl adjacent to an activating group) is 1. The predicted molar refractivity (Wildman–Crippen MR) is 91.8 cm³/mol. The van der Waals surface area contributed by atoms with Crippen molar-refractivity contribution in [3.05, 3.63) is 35.9 Å². The molecule has 0 aliphatic heterocycles. The largest absolute Gasteiger partial charge is 0.354 e. The average molecular weight is 304 g/mol. The molecule has 0 fully saturated rings. The Hall–Kier alpha value is -2.04. The second-order valence-electron chi connectivity index (χ2n) is 5.72. The van der Waals surface area contributed by atoms with E-state index in [4.69, 9.17) is 0 Å². The van der Waals surface area contributed by atoms with Crippen LogP contribution in [0.3, 0.4) is 0 Å². The summed E-state index contributed by atoms with van der Waals surface area (Å²) >= 11 is 0. The van der Waals surface area contributed by atoms with Crippen LogP contribution in [0.4, 0.5) is 0 Å². The van der Waals surface area contributed by atoms with Gasteiger partial charge in [-0.05, 0) is 18.9 Å². The van der Waals surface area contributed by atoms with Crippen LogP contribution in [0.2, 0.25) is 0 Å². The van der Waals surface area contributed by atoms with E-state index in [1.54, 1.807) is 19.0 Å². The molecule has 22 heavy (non-hydrogen) atoms. The lowest BCUT2D eigenvalue weighted by atomic mass is 10.2. The Morgan fingerprint density at radius 3 is 2.41 bits per heavy atom. The number of nitrogens with zero attached hydrogens (tertiary/aromatic N) is 3. The molecular formula is C17H28N4O. The highest BCUT2D eigenvalue weighted by atomic mass is 16.2. The number of nitrogens with one attached hydrogen (secondary N) is 1. The van der Waals surface area contributed by atoms with Crippen molar-refractivity contribution in [3.8, 4) is 0 Å². The zero-order valence-electron chi connectivity index (χ0n) is 14.3. The first kappa shape index (κ1) is 18.0. The number of amides is 1. The minimum Gasteiger partial charge on any atom is -0.354 e. The molecular weight excluding hydrogens is 276 g/mol. The van der Waals surface area contributed by atoms with Crippen LogP contribution in [0.5, 0.6) is 0 Å². The fourth-order valence-corrected chi connectivity index (χ4v) is 1.82. The molecule has 0 heterocycles. The first-order valence-corrected chi connectivity index (χ1v) is 7.70. The Morgan fingerprint density at radius 1 is 1.23 bits per heavy atom. The Balaban J connectivity index is 2.79. The van der Waals surface area contributed by atoms with Crippen LogP contribution >= 0.6 is 0 Å². The van der Waals surface area contributed by atoms with Gasteiger partial charge >= 0.3 is 0 Å². The molecule has 1 atom stereocenters. The monoisotopic (exact) mass is 304 g/mol. The number of carbonyl (C=O) groups excluding carboxylic acids is 1. The molecule has 0 spiro atoms. The van der Waals surface area contributed by atoms with E-state index in [1.165, 1.54) is 5.56 Å². The van der Waals surface area contributed by atoms with Crippen LogP contribution in [0.25, 0.3) is 0 Å². The first-order valence-electron chi connectivity index (χ1n) is 7.70. The summed E-state index contributed by atoms with van der Waals surface area (Å²) in [5.74, 6) is 0.755. The van der Waals surface area contributed by atoms with Gasteiger partial charge in [0, 0.05) is 33.7 Å². The van der Waals surface area contributed by atoms with Crippen LogP contribution in [0.15, 0.2) is 35.3 Å². The summed E-state index contributed by atoms with van der Waals surface area (Å²) in [5.41, 5.74) is 1.21. The van der Waals surface area contributed by atoms with Gasteiger partial charge in [0.15, 0.2) is 5.96 Å². The first-order chi connectivity index (χ1) is 10.4. The highest BCUT2D eigenvalue weighted by Gasteiger charge is 2.11. The van der Waals surface area contributed by atoms with Crippen molar-refractivity contribution in [2.75, 3.05) is 27.7 Å². The summed E-state index contributed by atoms with van der Waals surface area (Å²) in [4.78, 5) is 19.8. The molecule has 122 valence electrons. The molecule has 0 aliphatic rings. The molecule has 1 unspecified atom stereocenters. The van der Waals surface area contributed by atoms with Crippen molar-refractivity contribution in [3.63, 3.8) is 0 Å². The highest BCUT2D eigenvalue weighted by Crippen LogP contribution is 2.04. The summed E-state index contributed by atoms with van der Waals surface area (Å²) in [7, 11) is 5.47. The lowest BCUT2D eigenvalue weighted by molar-refractivity contribution is -0.127. The predicted octanol–water partition coefficient (Wildman–Crippen LogP) is 1.95. The SMILES string of the molecule is CCC(C)NC(=NCC(=O)N(C)C)N(C)Cc1ccccc1. The maximum atomic E-state index is 11.8. The van der Waals surface area contributed by atoms with Gasteiger partial charge in [-0.3, -0.25) is 4.79 Å². The van der Waals surface area contributed by atoms with Gasteiger partial charge in [0.2, 0.25) is 5.91 Å². The molecule has 5 nitrogen and oxygen atoms in total. The lowest BCUT2D eigenvalue weighted by Crippen LogP contribution is -2.43. The standard InChI is InChI=1S/C17H28N4O/c1-6-14(2)19-17(18-12-16(22)20(3)4)21(5)13-15-10-8-7-9-11-15/h7-11,14H,6,12-13H2,1-5H3,(H,18,19). The molecule has 0 aliphatic carbocycles. The van der Waals surface area contributed by atoms with Gasteiger partial charge in [0.1, 0.15) is 6.54 Å². The van der Waals surface area contributed by atoms with E-state index in [2.05, 4.69) is 36.3 Å². The van der Waals surface area contributed by atoms with Crippen LogP contribution in [0.1, 0.15) is 25.8 Å². The molecule has 0 bridgehead atoms. The van der Waals surface area contributed by atoms with Gasteiger partial charge in [0.05, 0.1) is 0 Å². The van der Waals surface area contributed by atoms with Gasteiger partial charge in [0.25, 0.3) is 0 Å². The zero-order chi connectivity index (χ0) is 16.5. The van der Waals surface area contributed by atoms with E-state index in [1.807, 2.05) is 30.1 Å². The number of benzene rings is 1. The smallest absolute Gasteiger partial charge is 0.243 e. The summed E-state index contributed by atoms with van der Waals surface area (Å²) in [6, 6.07) is 10.5. The fraction of sp³-hybridized carbons (Fsp3) is 0.529. The van der Waals surface area contributed by atoms with E-state index in [0.717, 1.165) is 18.9 Å². The molecule has 0 aromatic heterocycles. The quantitative estimate of drug-likeness (QED) is 0.645. The summed E-state index contributed by atoms with van der Waals surface area (Å²) in [5, 5.41) is 3.39. The normalized spacial score (nSPS) is 12.7. The van der Waals surface area contributed by atoms with Crippen LogP contribution in [-0.4, -0.2) is 55.4 Å². The second-order valence-corrected chi connectivity index (χ2v) is 5.72. The van der Waals surface area contributed by atoms with Gasteiger partial charge in [-0.2, -0.15) is 0 Å². The van der Waals surface area contributed by atoms with E-state index >= 15 is 0 Å². The molecule has 1 N–H and O–H groups in total. The molecule has 1 amide bonds. The average Bonchev–Trinajstić information content (AvgIpc) is 2.51. The topological polar surface area (TPSA) is 47.9 Å². The van der Waals surface area contributed by atoms with E-state index in [9.17, 15) is 4.79 Å². The van der Waals surface area contributed by atoms with E-state index in [-0.39, 0.29) is 12.5 Å². The fourth-order valence-electron chi connectivity index (χ4n) is 1.82. The second kappa shape index (κ2) is 9.07. The maximum absolute atomic E-state index is 11.8. The number of hydrogen-bond acceptors (Lipinski definition) is 2. The van der Waals surface area contributed by atoms with E-state index < -0.39 is 0 Å². The van der Waals surface area contributed by atoms with Gasteiger partial charge in [-0.25, -0.2) is 4.99 Å². The molecule has 5 heteroatoms. The summed E-state index contributed by atoms with van der Waals surface area (Å²) in [6.07, 6.45) is 1.000.